The van der Waals surface area contributed by atoms with E-state index >= 15 is 0 Å². The summed E-state index contributed by atoms with van der Waals surface area (Å²) in [5, 5.41) is 8.39. The molecule has 8 heteroatoms. The number of benzene rings is 1. The first-order valence-corrected chi connectivity index (χ1v) is 10.2. The van der Waals surface area contributed by atoms with Crippen LogP contribution in [0.4, 0.5) is 4.79 Å². The van der Waals surface area contributed by atoms with Crippen molar-refractivity contribution in [3.05, 3.63) is 60.1 Å². The van der Waals surface area contributed by atoms with Gasteiger partial charge in [-0.3, -0.25) is 9.59 Å². The zero-order valence-electron chi connectivity index (χ0n) is 15.9. The van der Waals surface area contributed by atoms with Gasteiger partial charge in [-0.15, -0.1) is 0 Å². The van der Waals surface area contributed by atoms with Crippen LogP contribution in [0.3, 0.4) is 0 Å². The summed E-state index contributed by atoms with van der Waals surface area (Å²) in [7, 11) is 0. The molecule has 0 radical (unpaired) electrons. The number of hydrogen-bond acceptors (Lipinski definition) is 6. The highest BCUT2D eigenvalue weighted by molar-refractivity contribution is 8.15. The third-order valence-corrected chi connectivity index (χ3v) is 6.50. The predicted molar refractivity (Wildman–Crippen MR) is 107 cm³/mol. The van der Waals surface area contributed by atoms with E-state index in [1.165, 1.54) is 18.6 Å². The number of nitrogens with zero attached hydrogens (tertiary/aromatic N) is 1. The topological polar surface area (TPSA) is 102 Å². The predicted octanol–water partition coefficient (Wildman–Crippen LogP) is 4.00. The molecular weight excluding hydrogens is 394 g/mol. The van der Waals surface area contributed by atoms with Crippen LogP contribution in [0, 0.1) is 0 Å². The number of likely N-dealkylation sites (tertiary alicyclic amines) is 1. The number of carbonyl (C=O) groups is 4. The van der Waals surface area contributed by atoms with Gasteiger partial charge in [0.25, 0.3) is 0 Å². The molecular formula is C21H22NO6S+. The van der Waals surface area contributed by atoms with E-state index in [1.807, 2.05) is 0 Å². The van der Waals surface area contributed by atoms with Gasteiger partial charge in [0.2, 0.25) is 5.12 Å². The minimum Gasteiger partial charge on any atom is -0.472 e. The van der Waals surface area contributed by atoms with E-state index < -0.39 is 27.5 Å². The lowest BCUT2D eigenvalue weighted by Crippen LogP contribution is -2.59. The molecule has 1 fully saturated rings. The second kappa shape index (κ2) is 8.75. The summed E-state index contributed by atoms with van der Waals surface area (Å²) in [5.41, 5.74) is 0.652. The number of thioether (sulfide) groups is 1. The van der Waals surface area contributed by atoms with Crippen molar-refractivity contribution in [3.63, 3.8) is 0 Å². The van der Waals surface area contributed by atoms with Crippen LogP contribution in [0.2, 0.25) is 0 Å². The Balaban J connectivity index is 1.87. The Labute approximate surface area is 172 Å². The van der Waals surface area contributed by atoms with Crippen LogP contribution in [-0.2, 0) is 4.79 Å². The van der Waals surface area contributed by atoms with Gasteiger partial charge in [0.05, 0.1) is 30.0 Å². The van der Waals surface area contributed by atoms with Crippen LogP contribution < -0.4 is 0 Å². The van der Waals surface area contributed by atoms with Crippen molar-refractivity contribution in [2.24, 2.45) is 0 Å². The van der Waals surface area contributed by atoms with Crippen molar-refractivity contribution in [3.8, 4) is 0 Å². The standard InChI is InChI=1S/C21H21NO6S/c1-14-6-5-10-22(14,21(26)27)18(23)12-17(19(24)16-9-11-28-13-16)29-20(25)15-7-3-2-4-8-15/h2-4,7-9,11,13-14,17H,5-6,10,12H2,1H3/p+1/t14-,17?,22?/m1/s1. The van der Waals surface area contributed by atoms with Crippen LogP contribution in [0.1, 0.15) is 46.9 Å². The summed E-state index contributed by atoms with van der Waals surface area (Å²) in [6, 6.07) is 9.54. The van der Waals surface area contributed by atoms with E-state index in [9.17, 15) is 24.3 Å². The molecule has 29 heavy (non-hydrogen) atoms. The van der Waals surface area contributed by atoms with Gasteiger partial charge in [-0.2, -0.15) is 9.28 Å². The van der Waals surface area contributed by atoms with Gasteiger partial charge >= 0.3 is 12.0 Å². The molecule has 1 aromatic carbocycles. The molecule has 2 unspecified atom stereocenters. The third-order valence-electron chi connectivity index (χ3n) is 5.39. The van der Waals surface area contributed by atoms with Gasteiger partial charge in [-0.05, 0) is 13.0 Å². The monoisotopic (exact) mass is 416 g/mol. The fraction of sp³-hybridized carbons (Fsp3) is 0.333. The summed E-state index contributed by atoms with van der Waals surface area (Å²) in [4.78, 5) is 50.7. The van der Waals surface area contributed by atoms with Gasteiger partial charge in [-0.25, -0.2) is 4.79 Å². The molecule has 7 nitrogen and oxygen atoms in total. The molecule has 3 rings (SSSR count). The Bertz CT molecular complexity index is 911. The number of imide groups is 1. The lowest BCUT2D eigenvalue weighted by molar-refractivity contribution is -0.792. The highest BCUT2D eigenvalue weighted by Gasteiger charge is 2.53. The van der Waals surface area contributed by atoms with Crippen LogP contribution in [0.5, 0.6) is 0 Å². The fourth-order valence-corrected chi connectivity index (χ4v) is 4.71. The summed E-state index contributed by atoms with van der Waals surface area (Å²) >= 11 is 0.749. The number of carbonyl (C=O) groups excluding carboxylic acids is 3. The average molecular weight is 416 g/mol. The SMILES string of the molecule is C[C@@H]1CCC[N+]1(C(=O)O)C(=O)CC(SC(=O)c1ccccc1)C(=O)c1ccoc1. The van der Waals surface area contributed by atoms with Crippen LogP contribution >= 0.6 is 11.8 Å². The first-order chi connectivity index (χ1) is 13.9. The van der Waals surface area contributed by atoms with Crippen LogP contribution in [0.15, 0.2) is 53.3 Å². The number of hydrogen-bond donors (Lipinski definition) is 1. The summed E-state index contributed by atoms with van der Waals surface area (Å²) in [6.07, 6.45) is 2.28. The van der Waals surface area contributed by atoms with E-state index in [0.29, 0.717) is 18.4 Å². The van der Waals surface area contributed by atoms with Crippen molar-refractivity contribution in [2.45, 2.75) is 37.5 Å². The van der Waals surface area contributed by atoms with Gasteiger partial charge in [-0.1, -0.05) is 42.1 Å². The van der Waals surface area contributed by atoms with E-state index in [0.717, 1.165) is 11.8 Å². The number of quaternary nitrogens is 1. The maximum absolute atomic E-state index is 13.1. The van der Waals surface area contributed by atoms with Crippen molar-refractivity contribution in [2.75, 3.05) is 6.54 Å². The molecule has 2 heterocycles. The summed E-state index contributed by atoms with van der Waals surface area (Å²) in [5.74, 6) is -0.991. The first kappa shape index (κ1) is 21.0. The molecule has 1 saturated heterocycles. The normalized spacial score (nSPS) is 22.2. The molecule has 2 aromatic rings. The lowest BCUT2D eigenvalue weighted by atomic mass is 10.1. The lowest BCUT2D eigenvalue weighted by Gasteiger charge is -2.30. The maximum Gasteiger partial charge on any atom is 0.521 e. The zero-order chi connectivity index (χ0) is 21.0. The molecule has 0 bridgehead atoms. The minimum atomic E-state index is -1.21. The maximum atomic E-state index is 13.1. The summed E-state index contributed by atoms with van der Waals surface area (Å²) in [6.45, 7) is 1.92. The second-order valence-corrected chi connectivity index (χ2v) is 8.28. The highest BCUT2D eigenvalue weighted by Crippen LogP contribution is 2.32. The Morgan fingerprint density at radius 1 is 1.17 bits per heavy atom. The number of furan rings is 1. The number of amides is 2. The minimum absolute atomic E-state index is 0.194. The Morgan fingerprint density at radius 3 is 2.45 bits per heavy atom. The zero-order valence-corrected chi connectivity index (χ0v) is 16.8. The van der Waals surface area contributed by atoms with Gasteiger partial charge in [0, 0.05) is 18.4 Å². The fourth-order valence-electron chi connectivity index (χ4n) is 3.71. The van der Waals surface area contributed by atoms with Crippen molar-refractivity contribution in [1.29, 1.82) is 0 Å². The molecule has 0 saturated carbocycles. The largest absolute Gasteiger partial charge is 0.521 e. The number of ketones is 1. The molecule has 1 N–H and O–H groups in total. The van der Waals surface area contributed by atoms with Gasteiger partial charge in [0.1, 0.15) is 12.3 Å². The quantitative estimate of drug-likeness (QED) is 0.561. The van der Waals surface area contributed by atoms with Gasteiger partial charge in [0.15, 0.2) is 5.78 Å². The van der Waals surface area contributed by atoms with Crippen LogP contribution in [-0.4, -0.2) is 50.3 Å². The molecule has 1 aliphatic heterocycles. The van der Waals surface area contributed by atoms with Crippen molar-refractivity contribution >= 4 is 34.7 Å². The molecule has 0 spiro atoms. The summed E-state index contributed by atoms with van der Waals surface area (Å²) < 4.78 is 4.26. The van der Waals surface area contributed by atoms with Crippen molar-refractivity contribution < 1.29 is 33.2 Å². The first-order valence-electron chi connectivity index (χ1n) is 9.33. The molecule has 1 aliphatic rings. The van der Waals surface area contributed by atoms with E-state index in [-0.39, 0.29) is 29.7 Å². The number of Topliss-reactive ketones (excluding diaryl/α,β-unsaturated/α-hetero) is 1. The highest BCUT2D eigenvalue weighted by atomic mass is 32.2. The molecule has 2 amide bonds. The number of rotatable bonds is 6. The van der Waals surface area contributed by atoms with E-state index in [2.05, 4.69) is 0 Å². The molecule has 152 valence electrons. The Hall–Kier alpha value is -2.71. The molecule has 1 aromatic heterocycles. The Morgan fingerprint density at radius 2 is 1.90 bits per heavy atom. The molecule has 0 aliphatic carbocycles. The molecule has 3 atom stereocenters. The third kappa shape index (κ3) is 4.18. The van der Waals surface area contributed by atoms with Crippen molar-refractivity contribution in [1.82, 2.24) is 0 Å². The average Bonchev–Trinajstić information content (AvgIpc) is 3.37. The smallest absolute Gasteiger partial charge is 0.472 e. The second-order valence-electron chi connectivity index (χ2n) is 7.10. The van der Waals surface area contributed by atoms with E-state index in [1.54, 1.807) is 37.3 Å². The van der Waals surface area contributed by atoms with Crippen LogP contribution in [0.25, 0.3) is 0 Å². The van der Waals surface area contributed by atoms with Gasteiger partial charge < -0.3 is 9.52 Å². The van der Waals surface area contributed by atoms with E-state index in [4.69, 9.17) is 4.42 Å². The number of carboxylic acid groups (broad SMARTS) is 1. The Kier molecular flexibility index (Phi) is 6.34.